The first kappa shape index (κ1) is 23.5. The van der Waals surface area contributed by atoms with Crippen LogP contribution in [0.1, 0.15) is 42.7 Å². The molecule has 0 radical (unpaired) electrons. The van der Waals surface area contributed by atoms with Crippen molar-refractivity contribution in [1.82, 2.24) is 9.55 Å². The molecule has 1 N–H and O–H groups in total. The number of aromatic nitrogens is 2. The van der Waals surface area contributed by atoms with Crippen molar-refractivity contribution < 1.29 is 9.53 Å². The molecule has 0 saturated carbocycles. The molecule has 7 nitrogen and oxygen atoms in total. The van der Waals surface area contributed by atoms with Gasteiger partial charge in [-0.3, -0.25) is 14.2 Å². The third-order valence-electron chi connectivity index (χ3n) is 5.77. The molecule has 1 amide bonds. The molecule has 9 heteroatoms. The number of ether oxygens (including phenoxy) is 1. The lowest BCUT2D eigenvalue weighted by molar-refractivity contribution is -0.115. The predicted molar refractivity (Wildman–Crippen MR) is 132 cm³/mol. The summed E-state index contributed by atoms with van der Waals surface area (Å²) >= 11 is 2.81. The Bertz CT molecular complexity index is 1270. The Morgan fingerprint density at radius 3 is 2.82 bits per heavy atom. The van der Waals surface area contributed by atoms with Gasteiger partial charge in [0.1, 0.15) is 4.83 Å². The van der Waals surface area contributed by atoms with Crippen molar-refractivity contribution in [2.45, 2.75) is 63.1 Å². The number of aryl methyl sites for hydroxylation is 2. The minimum atomic E-state index is -0.479. The lowest BCUT2D eigenvalue weighted by Crippen LogP contribution is -2.30. The fourth-order valence-electron chi connectivity index (χ4n) is 3.98. The zero-order valence-electron chi connectivity index (χ0n) is 18.9. The van der Waals surface area contributed by atoms with Crippen LogP contribution in [0, 0.1) is 18.3 Å². The van der Waals surface area contributed by atoms with Gasteiger partial charge in [0.2, 0.25) is 5.91 Å². The number of benzene rings is 1. The van der Waals surface area contributed by atoms with Gasteiger partial charge in [-0.2, -0.15) is 5.26 Å². The first-order chi connectivity index (χ1) is 15.9. The van der Waals surface area contributed by atoms with E-state index in [4.69, 9.17) is 15.0 Å². The molecule has 3 aromatic rings. The van der Waals surface area contributed by atoms with E-state index in [1.165, 1.54) is 23.1 Å². The summed E-state index contributed by atoms with van der Waals surface area (Å²) < 4.78 is 7.49. The van der Waals surface area contributed by atoms with Crippen molar-refractivity contribution in [3.63, 3.8) is 0 Å². The van der Waals surface area contributed by atoms with Gasteiger partial charge in [0.05, 0.1) is 34.9 Å². The van der Waals surface area contributed by atoms with Crippen LogP contribution in [0.25, 0.3) is 10.2 Å². The summed E-state index contributed by atoms with van der Waals surface area (Å²) in [6.45, 7) is 7.02. The molecular weight excluding hydrogens is 456 g/mol. The third-order valence-corrected chi connectivity index (χ3v) is 7.91. The standard InChI is InChI=1S/C24H26N4O3S2/c1-4-19-14(2)32-22-20(19)23(30)28(13-18-6-5-11-31-18)24(27-22)33-15(3)21(29)26-17-9-7-16(12-25)8-10-17/h7-10,15,18H,4-6,11,13H2,1-3H3,(H,26,29). The van der Waals surface area contributed by atoms with E-state index in [1.54, 1.807) is 35.8 Å². The van der Waals surface area contributed by atoms with Crippen molar-refractivity contribution >= 4 is 44.9 Å². The maximum absolute atomic E-state index is 13.6. The molecule has 1 aliphatic heterocycles. The molecule has 1 saturated heterocycles. The molecule has 172 valence electrons. The number of hydrogen-bond donors (Lipinski definition) is 1. The highest BCUT2D eigenvalue weighted by atomic mass is 32.2. The highest BCUT2D eigenvalue weighted by Crippen LogP contribution is 2.31. The fourth-order valence-corrected chi connectivity index (χ4v) is 6.06. The van der Waals surface area contributed by atoms with Crippen LogP contribution in [0.15, 0.2) is 34.2 Å². The smallest absolute Gasteiger partial charge is 0.263 e. The number of carbonyl (C=O) groups excluding carboxylic acids is 1. The third kappa shape index (κ3) is 4.98. The maximum atomic E-state index is 13.6. The van der Waals surface area contributed by atoms with Gasteiger partial charge in [-0.25, -0.2) is 4.98 Å². The zero-order valence-corrected chi connectivity index (χ0v) is 20.5. The van der Waals surface area contributed by atoms with Gasteiger partial charge in [-0.15, -0.1) is 11.3 Å². The second-order valence-corrected chi connectivity index (χ2v) is 10.6. The van der Waals surface area contributed by atoms with Crippen LogP contribution in [0.5, 0.6) is 0 Å². The number of anilines is 1. The number of nitrogens with one attached hydrogen (secondary N) is 1. The summed E-state index contributed by atoms with van der Waals surface area (Å²) in [5.41, 5.74) is 2.15. The molecule has 1 aromatic carbocycles. The first-order valence-corrected chi connectivity index (χ1v) is 12.7. The van der Waals surface area contributed by atoms with Gasteiger partial charge < -0.3 is 10.1 Å². The molecule has 0 spiro atoms. The Kier molecular flexibility index (Phi) is 7.17. The molecule has 1 fully saturated rings. The van der Waals surface area contributed by atoms with Gasteiger partial charge in [-0.1, -0.05) is 18.7 Å². The minimum Gasteiger partial charge on any atom is -0.376 e. The van der Waals surface area contributed by atoms with Crippen LogP contribution in [0.2, 0.25) is 0 Å². The van der Waals surface area contributed by atoms with Crippen LogP contribution in [0.3, 0.4) is 0 Å². The quantitative estimate of drug-likeness (QED) is 0.393. The van der Waals surface area contributed by atoms with Crippen molar-refractivity contribution in [3.05, 3.63) is 50.6 Å². The summed E-state index contributed by atoms with van der Waals surface area (Å²) in [4.78, 5) is 33.1. The molecule has 0 bridgehead atoms. The average Bonchev–Trinajstić information content (AvgIpc) is 3.43. The number of thiophene rings is 1. The topological polar surface area (TPSA) is 97.0 Å². The Balaban J connectivity index is 1.63. The van der Waals surface area contributed by atoms with Crippen molar-refractivity contribution in [2.24, 2.45) is 0 Å². The molecule has 0 aliphatic carbocycles. The number of rotatable bonds is 7. The SMILES string of the molecule is CCc1c(C)sc2nc(SC(C)C(=O)Nc3ccc(C#N)cc3)n(CC3CCCO3)c(=O)c12. The van der Waals surface area contributed by atoms with Crippen molar-refractivity contribution in [1.29, 1.82) is 5.26 Å². The van der Waals surface area contributed by atoms with Gasteiger partial charge in [0.25, 0.3) is 5.56 Å². The second-order valence-electron chi connectivity index (χ2n) is 8.05. The van der Waals surface area contributed by atoms with Crippen LogP contribution >= 0.6 is 23.1 Å². The van der Waals surface area contributed by atoms with E-state index in [-0.39, 0.29) is 17.6 Å². The second kappa shape index (κ2) is 10.1. The monoisotopic (exact) mass is 482 g/mol. The lowest BCUT2D eigenvalue weighted by atomic mass is 10.1. The summed E-state index contributed by atoms with van der Waals surface area (Å²) in [7, 11) is 0. The average molecular weight is 483 g/mol. The summed E-state index contributed by atoms with van der Waals surface area (Å²) in [6, 6.07) is 8.78. The molecule has 1 aliphatic rings. The molecule has 2 aromatic heterocycles. The van der Waals surface area contributed by atoms with Crippen LogP contribution < -0.4 is 10.9 Å². The van der Waals surface area contributed by atoms with Gasteiger partial charge in [0.15, 0.2) is 5.16 Å². The minimum absolute atomic E-state index is 0.0195. The molecule has 4 rings (SSSR count). The number of nitriles is 1. The van der Waals surface area contributed by atoms with Crippen molar-refractivity contribution in [2.75, 3.05) is 11.9 Å². The van der Waals surface area contributed by atoms with Crippen LogP contribution in [-0.2, 0) is 22.5 Å². The Morgan fingerprint density at radius 1 is 1.42 bits per heavy atom. The largest absolute Gasteiger partial charge is 0.376 e. The fraction of sp³-hybridized carbons (Fsp3) is 0.417. The molecular formula is C24H26N4O3S2. The van der Waals surface area contributed by atoms with E-state index in [0.29, 0.717) is 34.9 Å². The summed E-state index contributed by atoms with van der Waals surface area (Å²) in [6.07, 6.45) is 2.65. The number of hydrogen-bond acceptors (Lipinski definition) is 7. The number of fused-ring (bicyclic) bond motifs is 1. The van der Waals surface area contributed by atoms with E-state index in [9.17, 15) is 9.59 Å². The summed E-state index contributed by atoms with van der Waals surface area (Å²) in [5, 5.41) is 12.6. The van der Waals surface area contributed by atoms with Gasteiger partial charge >= 0.3 is 0 Å². The maximum Gasteiger partial charge on any atom is 0.263 e. The van der Waals surface area contributed by atoms with E-state index in [0.717, 1.165) is 34.5 Å². The lowest BCUT2D eigenvalue weighted by Gasteiger charge is -2.18. The Labute approximate surface area is 200 Å². The number of carbonyl (C=O) groups is 1. The van der Waals surface area contributed by atoms with E-state index in [1.807, 2.05) is 6.92 Å². The normalized spacial score (nSPS) is 16.6. The Hall–Kier alpha value is -2.67. The van der Waals surface area contributed by atoms with Gasteiger partial charge in [0, 0.05) is 17.2 Å². The van der Waals surface area contributed by atoms with Gasteiger partial charge in [-0.05, 0) is 62.9 Å². The molecule has 3 heterocycles. The number of amides is 1. The van der Waals surface area contributed by atoms with Crippen LogP contribution in [-0.4, -0.2) is 33.4 Å². The van der Waals surface area contributed by atoms with E-state index in [2.05, 4.69) is 18.3 Å². The molecule has 33 heavy (non-hydrogen) atoms. The predicted octanol–water partition coefficient (Wildman–Crippen LogP) is 4.50. The van der Waals surface area contributed by atoms with E-state index < -0.39 is 5.25 Å². The highest BCUT2D eigenvalue weighted by molar-refractivity contribution is 8.00. The molecule has 2 unspecified atom stereocenters. The summed E-state index contributed by atoms with van der Waals surface area (Å²) in [5.74, 6) is -0.195. The van der Waals surface area contributed by atoms with Crippen molar-refractivity contribution in [3.8, 4) is 6.07 Å². The highest BCUT2D eigenvalue weighted by Gasteiger charge is 2.25. The van der Waals surface area contributed by atoms with Crippen LogP contribution in [0.4, 0.5) is 5.69 Å². The zero-order chi connectivity index (χ0) is 23.5. The molecule has 2 atom stereocenters. The number of thioether (sulfide) groups is 1. The van der Waals surface area contributed by atoms with E-state index >= 15 is 0 Å². The Morgan fingerprint density at radius 2 is 2.18 bits per heavy atom. The number of nitrogens with zero attached hydrogens (tertiary/aromatic N) is 3. The first-order valence-electron chi connectivity index (χ1n) is 11.0.